The molecule has 0 radical (unpaired) electrons. The summed E-state index contributed by atoms with van der Waals surface area (Å²) >= 11 is 0. The lowest BCUT2D eigenvalue weighted by atomic mass is 9.74. The van der Waals surface area contributed by atoms with Crippen molar-refractivity contribution in [1.82, 2.24) is 0 Å². The lowest BCUT2D eigenvalue weighted by molar-refractivity contribution is -0.110. The Labute approximate surface area is 249 Å². The number of carbonyl (C=O) groups is 1. The number of rotatable bonds is 8. The third kappa shape index (κ3) is 4.16. The predicted molar refractivity (Wildman–Crippen MR) is 175 cm³/mol. The average Bonchev–Trinajstić information content (AvgIpc) is 3.41. The van der Waals surface area contributed by atoms with Crippen LogP contribution in [0.15, 0.2) is 158 Å². The van der Waals surface area contributed by atoms with Crippen LogP contribution in [0.25, 0.3) is 0 Å². The molecule has 3 nitrogen and oxygen atoms in total. The van der Waals surface area contributed by atoms with Crippen molar-refractivity contribution < 1.29 is 4.79 Å². The fourth-order valence-corrected chi connectivity index (χ4v) is 6.90. The summed E-state index contributed by atoms with van der Waals surface area (Å²) in [6, 6.07) is 37.8. The van der Waals surface area contributed by atoms with E-state index in [0.717, 1.165) is 33.9 Å². The number of allylic oxidation sites excluding steroid dienone is 4. The average molecular weight is 549 g/mol. The van der Waals surface area contributed by atoms with Crippen molar-refractivity contribution in [3.8, 4) is 0 Å². The molecule has 6 rings (SSSR count). The van der Waals surface area contributed by atoms with Crippen LogP contribution in [0.2, 0.25) is 0 Å². The maximum absolute atomic E-state index is 14.3. The standard InChI is InChI=1S/C39H36N2O/c1-5-25-40-34-23-15-13-21-32(34)38(3,29-17-9-7-10-18-29)36(40)27-31(42)28-37-39(4,30-19-11-8-12-20-30)33-22-14-16-24-35(33)41(37)26-6-2/h5-24,27-28H,1-2,25-26H2,3-4H3/b36-27+,37-28+. The van der Waals surface area contributed by atoms with E-state index in [0.29, 0.717) is 13.1 Å². The first-order valence-electron chi connectivity index (χ1n) is 14.5. The van der Waals surface area contributed by atoms with E-state index < -0.39 is 10.8 Å². The molecular formula is C39H36N2O. The summed E-state index contributed by atoms with van der Waals surface area (Å²) < 4.78 is 0. The summed E-state index contributed by atoms with van der Waals surface area (Å²) in [5.41, 5.74) is 7.75. The third-order valence-electron chi connectivity index (χ3n) is 8.96. The van der Waals surface area contributed by atoms with Crippen molar-refractivity contribution >= 4 is 17.2 Å². The zero-order chi connectivity index (χ0) is 29.3. The van der Waals surface area contributed by atoms with E-state index in [1.165, 1.54) is 11.1 Å². The number of ketones is 1. The summed E-state index contributed by atoms with van der Waals surface area (Å²) in [5, 5.41) is 0. The van der Waals surface area contributed by atoms with Crippen molar-refractivity contribution in [2.75, 3.05) is 22.9 Å². The van der Waals surface area contributed by atoms with Gasteiger partial charge in [0.1, 0.15) is 0 Å². The molecule has 2 unspecified atom stereocenters. The molecule has 0 aliphatic carbocycles. The molecule has 3 heteroatoms. The molecule has 208 valence electrons. The number of nitrogens with zero attached hydrogens (tertiary/aromatic N) is 2. The predicted octanol–water partition coefficient (Wildman–Crippen LogP) is 8.35. The molecule has 0 aromatic heterocycles. The largest absolute Gasteiger partial charge is 0.340 e. The second-order valence-electron chi connectivity index (χ2n) is 11.3. The molecule has 0 bridgehead atoms. The number of para-hydroxylation sites is 2. The van der Waals surface area contributed by atoms with Gasteiger partial charge in [0.15, 0.2) is 5.78 Å². The van der Waals surface area contributed by atoms with Gasteiger partial charge in [-0.1, -0.05) is 109 Å². The Kier molecular flexibility index (Phi) is 7.04. The second kappa shape index (κ2) is 10.8. The normalized spacial score (nSPS) is 22.7. The molecule has 4 aromatic carbocycles. The van der Waals surface area contributed by atoms with Crippen molar-refractivity contribution in [3.05, 3.63) is 180 Å². The van der Waals surface area contributed by atoms with Gasteiger partial charge in [0.25, 0.3) is 0 Å². The molecule has 0 amide bonds. The Hall–Kier alpha value is -4.89. The molecule has 0 N–H and O–H groups in total. The van der Waals surface area contributed by atoms with E-state index in [1.54, 1.807) is 0 Å². The summed E-state index contributed by atoms with van der Waals surface area (Å²) in [7, 11) is 0. The molecule has 2 aliphatic heterocycles. The van der Waals surface area contributed by atoms with E-state index in [2.05, 4.69) is 134 Å². The number of hydrogen-bond acceptors (Lipinski definition) is 3. The molecule has 0 saturated carbocycles. The van der Waals surface area contributed by atoms with Crippen LogP contribution < -0.4 is 9.80 Å². The van der Waals surface area contributed by atoms with Gasteiger partial charge in [-0.3, -0.25) is 4.79 Å². The fraction of sp³-hybridized carbons (Fsp3) is 0.154. The van der Waals surface area contributed by atoms with Gasteiger partial charge in [0.2, 0.25) is 0 Å². The molecule has 42 heavy (non-hydrogen) atoms. The van der Waals surface area contributed by atoms with Crippen molar-refractivity contribution in [3.63, 3.8) is 0 Å². The molecule has 2 atom stereocenters. The van der Waals surface area contributed by atoms with E-state index in [1.807, 2.05) is 36.4 Å². The summed E-state index contributed by atoms with van der Waals surface area (Å²) in [6.07, 6.45) is 7.47. The number of carbonyl (C=O) groups excluding carboxylic acids is 1. The molecule has 0 saturated heterocycles. The van der Waals surface area contributed by atoms with Crippen molar-refractivity contribution in [2.24, 2.45) is 0 Å². The number of fused-ring (bicyclic) bond motifs is 2. The van der Waals surface area contributed by atoms with Crippen LogP contribution in [0.1, 0.15) is 36.1 Å². The van der Waals surface area contributed by atoms with Crippen molar-refractivity contribution in [2.45, 2.75) is 24.7 Å². The first kappa shape index (κ1) is 27.3. The maximum Gasteiger partial charge on any atom is 0.182 e. The molecule has 2 heterocycles. The quantitative estimate of drug-likeness (QED) is 0.163. The van der Waals surface area contributed by atoms with Gasteiger partial charge in [0.05, 0.1) is 10.8 Å². The number of hydrogen-bond donors (Lipinski definition) is 0. The maximum atomic E-state index is 14.3. The van der Waals surface area contributed by atoms with E-state index in [-0.39, 0.29) is 5.78 Å². The van der Waals surface area contributed by atoms with Gasteiger partial charge < -0.3 is 9.80 Å². The zero-order valence-electron chi connectivity index (χ0n) is 24.3. The van der Waals surface area contributed by atoms with Gasteiger partial charge in [-0.05, 0) is 48.2 Å². The van der Waals surface area contributed by atoms with E-state index >= 15 is 0 Å². The fourth-order valence-electron chi connectivity index (χ4n) is 6.90. The zero-order valence-corrected chi connectivity index (χ0v) is 24.3. The van der Waals surface area contributed by atoms with Gasteiger partial charge in [-0.15, -0.1) is 13.2 Å². The SMILES string of the molecule is C=CCN1/C(=C/C(=O)/C=C2/N(CC=C)c3ccccc3C2(C)c2ccccc2)C(C)(c2ccccc2)c2ccccc21. The van der Waals surface area contributed by atoms with Crippen LogP contribution >= 0.6 is 0 Å². The number of anilines is 2. The monoisotopic (exact) mass is 548 g/mol. The van der Waals surface area contributed by atoms with Crippen LogP contribution in [-0.2, 0) is 15.6 Å². The first-order valence-corrected chi connectivity index (χ1v) is 14.5. The van der Waals surface area contributed by atoms with Crippen molar-refractivity contribution in [1.29, 1.82) is 0 Å². The van der Waals surface area contributed by atoms with Crippen LogP contribution in [0.4, 0.5) is 11.4 Å². The second-order valence-corrected chi connectivity index (χ2v) is 11.3. The summed E-state index contributed by atoms with van der Waals surface area (Å²) in [5.74, 6) is -0.0481. The third-order valence-corrected chi connectivity index (χ3v) is 8.96. The Morgan fingerprint density at radius 3 is 1.33 bits per heavy atom. The highest BCUT2D eigenvalue weighted by atomic mass is 16.1. The molecule has 0 fully saturated rings. The lowest BCUT2D eigenvalue weighted by Gasteiger charge is -2.31. The van der Waals surface area contributed by atoms with Crippen LogP contribution in [-0.4, -0.2) is 18.9 Å². The van der Waals surface area contributed by atoms with Gasteiger partial charge in [-0.2, -0.15) is 0 Å². The lowest BCUT2D eigenvalue weighted by Crippen LogP contribution is -2.32. The highest BCUT2D eigenvalue weighted by Crippen LogP contribution is 2.53. The Bertz CT molecular complexity index is 1590. The van der Waals surface area contributed by atoms with Crippen LogP contribution in [0.5, 0.6) is 0 Å². The number of benzene rings is 4. The minimum Gasteiger partial charge on any atom is -0.340 e. The summed E-state index contributed by atoms with van der Waals surface area (Å²) in [6.45, 7) is 13.7. The first-order chi connectivity index (χ1) is 20.4. The van der Waals surface area contributed by atoms with E-state index in [4.69, 9.17) is 0 Å². The van der Waals surface area contributed by atoms with E-state index in [9.17, 15) is 4.79 Å². The van der Waals surface area contributed by atoms with Crippen LogP contribution in [0.3, 0.4) is 0 Å². The molecule has 4 aromatic rings. The van der Waals surface area contributed by atoms with Gasteiger partial charge in [0, 0.05) is 48.0 Å². The molecule has 2 aliphatic rings. The van der Waals surface area contributed by atoms with Gasteiger partial charge in [-0.25, -0.2) is 0 Å². The molecule has 0 spiro atoms. The summed E-state index contributed by atoms with van der Waals surface area (Å²) in [4.78, 5) is 18.8. The van der Waals surface area contributed by atoms with Crippen LogP contribution in [0, 0.1) is 0 Å². The highest BCUT2D eigenvalue weighted by Gasteiger charge is 2.46. The Balaban J connectivity index is 1.54. The Morgan fingerprint density at radius 1 is 0.595 bits per heavy atom. The minimum absolute atomic E-state index is 0.0481. The smallest absolute Gasteiger partial charge is 0.182 e. The highest BCUT2D eigenvalue weighted by molar-refractivity contribution is 6.03. The topological polar surface area (TPSA) is 23.6 Å². The molecular weight excluding hydrogens is 512 g/mol. The van der Waals surface area contributed by atoms with Gasteiger partial charge >= 0.3 is 0 Å². The minimum atomic E-state index is -0.503. The Morgan fingerprint density at radius 2 is 0.952 bits per heavy atom.